The molecule has 0 aliphatic carbocycles. The Kier molecular flexibility index (Phi) is 7.01. The average Bonchev–Trinajstić information content (AvgIpc) is 3.00. The molecule has 0 spiro atoms. The first-order valence-corrected chi connectivity index (χ1v) is 9.03. The SMILES string of the molecule is COc1cc(C(=O)O)ccc1CCNC(=O)CCCc1ccc(C)s1. The smallest absolute Gasteiger partial charge is 0.335 e. The highest BCUT2D eigenvalue weighted by Crippen LogP contribution is 2.21. The van der Waals surface area contributed by atoms with Crippen LogP contribution in [-0.2, 0) is 17.6 Å². The highest BCUT2D eigenvalue weighted by atomic mass is 32.1. The van der Waals surface area contributed by atoms with Gasteiger partial charge in [-0.15, -0.1) is 11.3 Å². The molecule has 134 valence electrons. The summed E-state index contributed by atoms with van der Waals surface area (Å²) in [6.07, 6.45) is 2.86. The summed E-state index contributed by atoms with van der Waals surface area (Å²) in [5, 5.41) is 11.9. The third-order valence-corrected chi connectivity index (χ3v) is 4.93. The summed E-state index contributed by atoms with van der Waals surface area (Å²) in [5.41, 5.74) is 1.07. The van der Waals surface area contributed by atoms with E-state index in [0.717, 1.165) is 18.4 Å². The van der Waals surface area contributed by atoms with Crippen LogP contribution >= 0.6 is 11.3 Å². The molecule has 1 aromatic carbocycles. The number of thiophene rings is 1. The molecular weight excluding hydrogens is 338 g/mol. The zero-order valence-electron chi connectivity index (χ0n) is 14.5. The van der Waals surface area contributed by atoms with Crippen molar-refractivity contribution in [3.63, 3.8) is 0 Å². The number of carboxylic acids is 1. The van der Waals surface area contributed by atoms with Crippen LogP contribution in [0.2, 0.25) is 0 Å². The molecule has 1 amide bonds. The number of methoxy groups -OCH3 is 1. The number of carboxylic acid groups (broad SMARTS) is 1. The van der Waals surface area contributed by atoms with E-state index in [0.29, 0.717) is 25.1 Å². The second kappa shape index (κ2) is 9.22. The Balaban J connectivity index is 1.74. The van der Waals surface area contributed by atoms with Crippen molar-refractivity contribution in [2.75, 3.05) is 13.7 Å². The minimum absolute atomic E-state index is 0.0365. The van der Waals surface area contributed by atoms with Crippen molar-refractivity contribution in [2.45, 2.75) is 32.6 Å². The topological polar surface area (TPSA) is 75.6 Å². The summed E-state index contributed by atoms with van der Waals surface area (Å²) in [6, 6.07) is 9.00. The van der Waals surface area contributed by atoms with Crippen LogP contribution in [0.4, 0.5) is 0 Å². The largest absolute Gasteiger partial charge is 0.496 e. The van der Waals surface area contributed by atoms with Crippen LogP contribution < -0.4 is 10.1 Å². The second-order valence-electron chi connectivity index (χ2n) is 5.80. The highest BCUT2D eigenvalue weighted by molar-refractivity contribution is 7.11. The van der Waals surface area contributed by atoms with Crippen LogP contribution in [0.1, 0.15) is 38.5 Å². The lowest BCUT2D eigenvalue weighted by Crippen LogP contribution is -2.25. The Morgan fingerprint density at radius 1 is 1.20 bits per heavy atom. The van der Waals surface area contributed by atoms with Gasteiger partial charge in [0.1, 0.15) is 5.75 Å². The number of amides is 1. The number of hydrogen-bond donors (Lipinski definition) is 2. The van der Waals surface area contributed by atoms with E-state index < -0.39 is 5.97 Å². The lowest BCUT2D eigenvalue weighted by atomic mass is 10.1. The molecule has 0 saturated carbocycles. The minimum atomic E-state index is -0.987. The van der Waals surface area contributed by atoms with Gasteiger partial charge in [0.2, 0.25) is 5.91 Å². The molecule has 2 rings (SSSR count). The Morgan fingerprint density at radius 3 is 2.64 bits per heavy atom. The van der Waals surface area contributed by atoms with Gasteiger partial charge in [0.25, 0.3) is 0 Å². The normalized spacial score (nSPS) is 10.5. The standard InChI is InChI=1S/C19H23NO4S/c1-13-6-9-16(25-13)4-3-5-18(21)20-11-10-14-7-8-15(19(22)23)12-17(14)24-2/h6-9,12H,3-5,10-11H2,1-2H3,(H,20,21)(H,22,23). The van der Waals surface area contributed by atoms with Gasteiger partial charge in [-0.25, -0.2) is 4.79 Å². The maximum absolute atomic E-state index is 11.9. The highest BCUT2D eigenvalue weighted by Gasteiger charge is 2.09. The van der Waals surface area contributed by atoms with Crippen molar-refractivity contribution in [1.29, 1.82) is 0 Å². The number of aromatic carboxylic acids is 1. The zero-order valence-corrected chi connectivity index (χ0v) is 15.3. The van der Waals surface area contributed by atoms with E-state index in [-0.39, 0.29) is 11.5 Å². The van der Waals surface area contributed by atoms with E-state index >= 15 is 0 Å². The molecule has 0 aliphatic heterocycles. The van der Waals surface area contributed by atoms with Crippen molar-refractivity contribution >= 4 is 23.2 Å². The van der Waals surface area contributed by atoms with Gasteiger partial charge in [-0.2, -0.15) is 0 Å². The Morgan fingerprint density at radius 2 is 2.00 bits per heavy atom. The number of carbonyl (C=O) groups excluding carboxylic acids is 1. The van der Waals surface area contributed by atoms with Crippen LogP contribution in [0.15, 0.2) is 30.3 Å². The summed E-state index contributed by atoms with van der Waals surface area (Å²) in [6.45, 7) is 2.58. The van der Waals surface area contributed by atoms with E-state index in [1.54, 1.807) is 23.5 Å². The first-order valence-electron chi connectivity index (χ1n) is 8.22. The van der Waals surface area contributed by atoms with Crippen LogP contribution in [0.25, 0.3) is 0 Å². The lowest BCUT2D eigenvalue weighted by molar-refractivity contribution is -0.121. The fraction of sp³-hybridized carbons (Fsp3) is 0.368. The number of benzene rings is 1. The maximum atomic E-state index is 11.9. The summed E-state index contributed by atoms with van der Waals surface area (Å²) >= 11 is 1.77. The second-order valence-corrected chi connectivity index (χ2v) is 7.17. The van der Waals surface area contributed by atoms with Gasteiger partial charge < -0.3 is 15.2 Å². The van der Waals surface area contributed by atoms with Gasteiger partial charge >= 0.3 is 5.97 Å². The quantitative estimate of drug-likeness (QED) is 0.717. The maximum Gasteiger partial charge on any atom is 0.335 e. The average molecular weight is 361 g/mol. The van der Waals surface area contributed by atoms with Crippen molar-refractivity contribution in [3.8, 4) is 5.75 Å². The first-order chi connectivity index (χ1) is 12.0. The molecular formula is C19H23NO4S. The molecule has 0 aliphatic rings. The van der Waals surface area contributed by atoms with Crippen molar-refractivity contribution in [2.24, 2.45) is 0 Å². The number of hydrogen-bond acceptors (Lipinski definition) is 4. The lowest BCUT2D eigenvalue weighted by Gasteiger charge is -2.10. The number of aryl methyl sites for hydroxylation is 2. The van der Waals surface area contributed by atoms with Gasteiger partial charge in [0.15, 0.2) is 0 Å². The van der Waals surface area contributed by atoms with Gasteiger partial charge in [-0.3, -0.25) is 4.79 Å². The monoisotopic (exact) mass is 361 g/mol. The van der Waals surface area contributed by atoms with E-state index in [1.165, 1.54) is 22.9 Å². The van der Waals surface area contributed by atoms with Gasteiger partial charge in [-0.05, 0) is 56.0 Å². The zero-order chi connectivity index (χ0) is 18.2. The van der Waals surface area contributed by atoms with Crippen LogP contribution in [0.5, 0.6) is 5.75 Å². The molecule has 25 heavy (non-hydrogen) atoms. The fourth-order valence-corrected chi connectivity index (χ4v) is 3.48. The van der Waals surface area contributed by atoms with E-state index in [4.69, 9.17) is 9.84 Å². The summed E-state index contributed by atoms with van der Waals surface area (Å²) in [4.78, 5) is 25.5. The molecule has 1 aromatic heterocycles. The van der Waals surface area contributed by atoms with Crippen LogP contribution in [0, 0.1) is 6.92 Å². The molecule has 0 bridgehead atoms. The predicted octanol–water partition coefficient (Wildman–Crippen LogP) is 3.44. The molecule has 0 saturated heterocycles. The molecule has 5 nitrogen and oxygen atoms in total. The third kappa shape index (κ3) is 5.90. The number of nitrogens with one attached hydrogen (secondary N) is 1. The molecule has 0 atom stereocenters. The summed E-state index contributed by atoms with van der Waals surface area (Å²) < 4.78 is 5.23. The van der Waals surface area contributed by atoms with Gasteiger partial charge in [0, 0.05) is 22.7 Å². The molecule has 6 heteroatoms. The van der Waals surface area contributed by atoms with Gasteiger partial charge in [0.05, 0.1) is 12.7 Å². The van der Waals surface area contributed by atoms with Crippen molar-refractivity contribution in [1.82, 2.24) is 5.32 Å². The van der Waals surface area contributed by atoms with E-state index in [9.17, 15) is 9.59 Å². The van der Waals surface area contributed by atoms with Crippen LogP contribution in [-0.4, -0.2) is 30.6 Å². The Hall–Kier alpha value is -2.34. The molecule has 0 radical (unpaired) electrons. The Labute approximate surface area is 151 Å². The van der Waals surface area contributed by atoms with Crippen molar-refractivity contribution < 1.29 is 19.4 Å². The van der Waals surface area contributed by atoms with Crippen molar-refractivity contribution in [3.05, 3.63) is 51.2 Å². The molecule has 2 aromatic rings. The van der Waals surface area contributed by atoms with Gasteiger partial charge in [-0.1, -0.05) is 6.07 Å². The fourth-order valence-electron chi connectivity index (χ4n) is 2.55. The summed E-state index contributed by atoms with van der Waals surface area (Å²) in [5.74, 6) is -0.421. The van der Waals surface area contributed by atoms with E-state index in [2.05, 4.69) is 24.4 Å². The number of ether oxygens (including phenoxy) is 1. The molecule has 0 unspecified atom stereocenters. The summed E-state index contributed by atoms with van der Waals surface area (Å²) in [7, 11) is 1.51. The third-order valence-electron chi connectivity index (χ3n) is 3.87. The predicted molar refractivity (Wildman–Crippen MR) is 98.7 cm³/mol. The van der Waals surface area contributed by atoms with E-state index in [1.807, 2.05) is 0 Å². The minimum Gasteiger partial charge on any atom is -0.496 e. The Bertz CT molecular complexity index is 739. The molecule has 2 N–H and O–H groups in total. The van der Waals surface area contributed by atoms with Crippen LogP contribution in [0.3, 0.4) is 0 Å². The molecule has 0 fully saturated rings. The number of carbonyl (C=O) groups is 2. The number of rotatable bonds is 9. The first kappa shape index (κ1) is 19.0. The molecule has 1 heterocycles.